The predicted octanol–water partition coefficient (Wildman–Crippen LogP) is 2.83. The number of hydrogen-bond donors (Lipinski definition) is 1. The Kier molecular flexibility index (Phi) is 4.49. The normalized spacial score (nSPS) is 10.8. The van der Waals surface area contributed by atoms with Crippen molar-refractivity contribution in [3.8, 4) is 5.69 Å². The van der Waals surface area contributed by atoms with Crippen molar-refractivity contribution < 1.29 is 0 Å². The average Bonchev–Trinajstić information content (AvgIpc) is 2.80. The molecule has 96 valence electrons. The number of hydrogen-bond acceptors (Lipinski definition) is 3. The van der Waals surface area contributed by atoms with Gasteiger partial charge in [0.1, 0.15) is 0 Å². The molecule has 0 amide bonds. The standard InChI is InChI=1S/C13H17BrN4/c1-2-3-4-13-12(9-15)16-17-18(13)11-7-5-10(14)6-8-11/h5-8H,2-4,9,15H2,1H3. The fourth-order valence-electron chi connectivity index (χ4n) is 1.88. The highest BCUT2D eigenvalue weighted by Gasteiger charge is 2.12. The molecule has 2 aromatic rings. The van der Waals surface area contributed by atoms with Crippen LogP contribution in [0.15, 0.2) is 28.7 Å². The number of rotatable bonds is 5. The van der Waals surface area contributed by atoms with Crippen molar-refractivity contribution in [2.45, 2.75) is 32.7 Å². The largest absolute Gasteiger partial charge is 0.325 e. The maximum absolute atomic E-state index is 5.71. The van der Waals surface area contributed by atoms with Crippen molar-refractivity contribution >= 4 is 15.9 Å². The highest BCUT2D eigenvalue weighted by molar-refractivity contribution is 9.10. The zero-order valence-electron chi connectivity index (χ0n) is 10.4. The maximum Gasteiger partial charge on any atom is 0.0999 e. The zero-order chi connectivity index (χ0) is 13.0. The van der Waals surface area contributed by atoms with Crippen molar-refractivity contribution in [1.82, 2.24) is 15.0 Å². The lowest BCUT2D eigenvalue weighted by Crippen LogP contribution is -2.06. The summed E-state index contributed by atoms with van der Waals surface area (Å²) in [5.41, 5.74) is 8.76. The van der Waals surface area contributed by atoms with Gasteiger partial charge in [-0.15, -0.1) is 5.10 Å². The zero-order valence-corrected chi connectivity index (χ0v) is 12.0. The van der Waals surface area contributed by atoms with Crippen LogP contribution in [0.25, 0.3) is 5.69 Å². The minimum Gasteiger partial charge on any atom is -0.325 e. The lowest BCUT2D eigenvalue weighted by atomic mass is 10.1. The first-order valence-corrected chi connectivity index (χ1v) is 6.95. The van der Waals surface area contributed by atoms with E-state index in [0.29, 0.717) is 6.54 Å². The smallest absolute Gasteiger partial charge is 0.0999 e. The molecule has 0 saturated heterocycles. The fraction of sp³-hybridized carbons (Fsp3) is 0.385. The molecule has 0 radical (unpaired) electrons. The molecule has 0 aliphatic heterocycles. The average molecular weight is 309 g/mol. The Morgan fingerprint density at radius 1 is 1.28 bits per heavy atom. The summed E-state index contributed by atoms with van der Waals surface area (Å²) in [6.45, 7) is 2.62. The number of nitrogens with two attached hydrogens (primary N) is 1. The van der Waals surface area contributed by atoms with Gasteiger partial charge >= 0.3 is 0 Å². The summed E-state index contributed by atoms with van der Waals surface area (Å²) in [6.07, 6.45) is 3.23. The van der Waals surface area contributed by atoms with Gasteiger partial charge in [-0.3, -0.25) is 0 Å². The van der Waals surface area contributed by atoms with Crippen LogP contribution >= 0.6 is 15.9 Å². The lowest BCUT2D eigenvalue weighted by molar-refractivity contribution is 0.714. The van der Waals surface area contributed by atoms with Gasteiger partial charge in [-0.05, 0) is 37.1 Å². The highest BCUT2D eigenvalue weighted by atomic mass is 79.9. The molecule has 0 spiro atoms. The van der Waals surface area contributed by atoms with E-state index in [1.807, 2.05) is 28.9 Å². The van der Waals surface area contributed by atoms with Gasteiger partial charge in [-0.25, -0.2) is 4.68 Å². The van der Waals surface area contributed by atoms with E-state index in [4.69, 9.17) is 5.73 Å². The van der Waals surface area contributed by atoms with E-state index in [0.717, 1.165) is 40.8 Å². The molecule has 2 rings (SSSR count). The molecule has 0 saturated carbocycles. The van der Waals surface area contributed by atoms with Crippen LogP contribution in [0.2, 0.25) is 0 Å². The van der Waals surface area contributed by atoms with Crippen molar-refractivity contribution in [2.24, 2.45) is 5.73 Å². The van der Waals surface area contributed by atoms with Crippen molar-refractivity contribution in [2.75, 3.05) is 0 Å². The summed E-state index contributed by atoms with van der Waals surface area (Å²) in [7, 11) is 0. The van der Waals surface area contributed by atoms with E-state index in [1.54, 1.807) is 0 Å². The number of benzene rings is 1. The van der Waals surface area contributed by atoms with Crippen LogP contribution < -0.4 is 5.73 Å². The molecule has 0 unspecified atom stereocenters. The maximum atomic E-state index is 5.71. The van der Waals surface area contributed by atoms with Gasteiger partial charge in [0.15, 0.2) is 0 Å². The monoisotopic (exact) mass is 308 g/mol. The predicted molar refractivity (Wildman–Crippen MR) is 75.6 cm³/mol. The Labute approximate surface area is 115 Å². The van der Waals surface area contributed by atoms with Crippen molar-refractivity contribution in [3.63, 3.8) is 0 Å². The van der Waals surface area contributed by atoms with Gasteiger partial charge in [0, 0.05) is 11.0 Å². The quantitative estimate of drug-likeness (QED) is 0.924. The molecule has 18 heavy (non-hydrogen) atoms. The molecule has 0 bridgehead atoms. The second-order valence-electron chi connectivity index (χ2n) is 4.18. The summed E-state index contributed by atoms with van der Waals surface area (Å²) >= 11 is 3.43. The first kappa shape index (κ1) is 13.2. The first-order valence-electron chi connectivity index (χ1n) is 6.15. The molecular formula is C13H17BrN4. The van der Waals surface area contributed by atoms with Crippen LogP contribution in [0, 0.1) is 0 Å². The van der Waals surface area contributed by atoms with E-state index in [-0.39, 0.29) is 0 Å². The van der Waals surface area contributed by atoms with Crippen molar-refractivity contribution in [3.05, 3.63) is 40.1 Å². The molecule has 1 heterocycles. The van der Waals surface area contributed by atoms with E-state index >= 15 is 0 Å². The Bertz CT molecular complexity index is 504. The third-order valence-corrected chi connectivity index (χ3v) is 3.40. The van der Waals surface area contributed by atoms with Gasteiger partial charge in [-0.1, -0.05) is 34.5 Å². The Morgan fingerprint density at radius 3 is 2.61 bits per heavy atom. The van der Waals surface area contributed by atoms with Gasteiger partial charge in [0.05, 0.1) is 17.1 Å². The molecule has 1 aromatic carbocycles. The van der Waals surface area contributed by atoms with Crippen LogP contribution in [0.5, 0.6) is 0 Å². The fourth-order valence-corrected chi connectivity index (χ4v) is 2.14. The van der Waals surface area contributed by atoms with Crippen LogP contribution in [-0.4, -0.2) is 15.0 Å². The number of unbranched alkanes of at least 4 members (excludes halogenated alkanes) is 1. The van der Waals surface area contributed by atoms with Gasteiger partial charge < -0.3 is 5.73 Å². The SMILES string of the molecule is CCCCc1c(CN)nnn1-c1ccc(Br)cc1. The lowest BCUT2D eigenvalue weighted by Gasteiger charge is -2.07. The molecule has 0 fully saturated rings. The van der Waals surface area contributed by atoms with Crippen LogP contribution in [0.1, 0.15) is 31.2 Å². The molecular weight excluding hydrogens is 292 g/mol. The highest BCUT2D eigenvalue weighted by Crippen LogP contribution is 2.17. The third-order valence-electron chi connectivity index (χ3n) is 2.88. The summed E-state index contributed by atoms with van der Waals surface area (Å²) in [4.78, 5) is 0. The van der Waals surface area contributed by atoms with E-state index in [1.165, 1.54) is 0 Å². The first-order chi connectivity index (χ1) is 8.76. The minimum atomic E-state index is 0.440. The Morgan fingerprint density at radius 2 is 2.00 bits per heavy atom. The molecule has 4 nitrogen and oxygen atoms in total. The molecule has 0 atom stereocenters. The summed E-state index contributed by atoms with van der Waals surface area (Å²) in [5, 5.41) is 8.37. The van der Waals surface area contributed by atoms with E-state index in [2.05, 4.69) is 33.2 Å². The number of halogens is 1. The summed E-state index contributed by atoms with van der Waals surface area (Å²) in [5.74, 6) is 0. The number of nitrogens with zero attached hydrogens (tertiary/aromatic N) is 3. The Hall–Kier alpha value is -1.20. The second-order valence-corrected chi connectivity index (χ2v) is 5.09. The van der Waals surface area contributed by atoms with Crippen LogP contribution in [-0.2, 0) is 13.0 Å². The number of aromatic nitrogens is 3. The van der Waals surface area contributed by atoms with Crippen LogP contribution in [0.3, 0.4) is 0 Å². The molecule has 5 heteroatoms. The topological polar surface area (TPSA) is 56.7 Å². The van der Waals surface area contributed by atoms with Crippen LogP contribution in [0.4, 0.5) is 0 Å². The van der Waals surface area contributed by atoms with E-state index < -0.39 is 0 Å². The molecule has 0 aliphatic rings. The molecule has 1 aromatic heterocycles. The van der Waals surface area contributed by atoms with Gasteiger partial charge in [0.25, 0.3) is 0 Å². The molecule has 2 N–H and O–H groups in total. The Balaban J connectivity index is 2.37. The van der Waals surface area contributed by atoms with Gasteiger partial charge in [-0.2, -0.15) is 0 Å². The second kappa shape index (κ2) is 6.11. The molecule has 0 aliphatic carbocycles. The van der Waals surface area contributed by atoms with E-state index in [9.17, 15) is 0 Å². The van der Waals surface area contributed by atoms with Crippen molar-refractivity contribution in [1.29, 1.82) is 0 Å². The minimum absolute atomic E-state index is 0.440. The summed E-state index contributed by atoms with van der Waals surface area (Å²) in [6, 6.07) is 8.05. The van der Waals surface area contributed by atoms with Gasteiger partial charge in [0.2, 0.25) is 0 Å². The summed E-state index contributed by atoms with van der Waals surface area (Å²) < 4.78 is 2.95. The third kappa shape index (κ3) is 2.79.